The number of anilines is 1. The molecule has 0 fully saturated rings. The first-order valence-electron chi connectivity index (χ1n) is 6.39. The lowest BCUT2D eigenvalue weighted by Gasteiger charge is -2.09. The minimum absolute atomic E-state index is 0.383. The Labute approximate surface area is 142 Å². The molecule has 0 atom stereocenters. The molecule has 0 aliphatic rings. The van der Waals surface area contributed by atoms with Crippen molar-refractivity contribution in [3.05, 3.63) is 64.7 Å². The Balaban J connectivity index is 2.02. The van der Waals surface area contributed by atoms with Gasteiger partial charge >= 0.3 is 5.97 Å². The standard InChI is InChI=1S/C16H11Cl2NO4/c17-10-1-6-14(13(18)9-10)23-12-4-2-11(3-5-12)19-15(20)7-8-16(21)22/h1-9H,(H,19,20)(H,21,22)/b8-7+. The molecule has 2 aromatic rings. The Kier molecular flexibility index (Phi) is 5.62. The summed E-state index contributed by atoms with van der Waals surface area (Å²) in [5.41, 5.74) is 0.500. The van der Waals surface area contributed by atoms with Crippen molar-refractivity contribution in [2.24, 2.45) is 0 Å². The van der Waals surface area contributed by atoms with Crippen LogP contribution in [0.4, 0.5) is 5.69 Å². The number of ether oxygens (including phenoxy) is 1. The number of hydrogen-bond donors (Lipinski definition) is 2. The van der Waals surface area contributed by atoms with Crippen molar-refractivity contribution < 1.29 is 19.4 Å². The number of carbonyl (C=O) groups excluding carboxylic acids is 1. The summed E-state index contributed by atoms with van der Waals surface area (Å²) in [6.07, 6.45) is 1.69. The summed E-state index contributed by atoms with van der Waals surface area (Å²) in [7, 11) is 0. The van der Waals surface area contributed by atoms with Crippen molar-refractivity contribution in [2.75, 3.05) is 5.32 Å². The largest absolute Gasteiger partial charge is 0.478 e. The summed E-state index contributed by atoms with van der Waals surface area (Å²) >= 11 is 11.8. The van der Waals surface area contributed by atoms with E-state index in [0.29, 0.717) is 27.2 Å². The van der Waals surface area contributed by atoms with Gasteiger partial charge in [-0.05, 0) is 42.5 Å². The van der Waals surface area contributed by atoms with E-state index in [-0.39, 0.29) is 0 Å². The zero-order valence-electron chi connectivity index (χ0n) is 11.6. The van der Waals surface area contributed by atoms with E-state index in [2.05, 4.69) is 5.32 Å². The molecular formula is C16H11Cl2NO4. The highest BCUT2D eigenvalue weighted by molar-refractivity contribution is 6.35. The number of benzene rings is 2. The van der Waals surface area contributed by atoms with Gasteiger partial charge in [0, 0.05) is 22.9 Å². The Hall–Kier alpha value is -2.50. The van der Waals surface area contributed by atoms with Crippen LogP contribution in [0.25, 0.3) is 0 Å². The number of nitrogens with one attached hydrogen (secondary N) is 1. The van der Waals surface area contributed by atoms with Gasteiger partial charge in [-0.3, -0.25) is 4.79 Å². The third kappa shape index (κ3) is 5.32. The van der Waals surface area contributed by atoms with E-state index >= 15 is 0 Å². The summed E-state index contributed by atoms with van der Waals surface area (Å²) in [6, 6.07) is 11.4. The van der Waals surface area contributed by atoms with E-state index in [1.807, 2.05) is 0 Å². The normalized spacial score (nSPS) is 10.5. The van der Waals surface area contributed by atoms with Crippen LogP contribution in [0, 0.1) is 0 Å². The Morgan fingerprint density at radius 1 is 1.04 bits per heavy atom. The molecule has 5 nitrogen and oxygen atoms in total. The fourth-order valence-corrected chi connectivity index (χ4v) is 2.07. The highest BCUT2D eigenvalue weighted by atomic mass is 35.5. The number of carboxylic acid groups (broad SMARTS) is 1. The molecule has 2 N–H and O–H groups in total. The molecule has 0 saturated heterocycles. The molecule has 2 aromatic carbocycles. The van der Waals surface area contributed by atoms with Gasteiger partial charge in [-0.1, -0.05) is 23.2 Å². The molecule has 0 aromatic heterocycles. The van der Waals surface area contributed by atoms with Gasteiger partial charge in [-0.2, -0.15) is 0 Å². The summed E-state index contributed by atoms with van der Waals surface area (Å²) in [5, 5.41) is 11.9. The average molecular weight is 352 g/mol. The monoisotopic (exact) mass is 351 g/mol. The molecule has 0 spiro atoms. The SMILES string of the molecule is O=C(O)/C=C/C(=O)Nc1ccc(Oc2ccc(Cl)cc2Cl)cc1. The topological polar surface area (TPSA) is 75.6 Å². The van der Waals surface area contributed by atoms with E-state index in [0.717, 1.165) is 12.2 Å². The van der Waals surface area contributed by atoms with Crippen LogP contribution in [0.2, 0.25) is 10.0 Å². The molecule has 0 unspecified atom stereocenters. The molecule has 0 radical (unpaired) electrons. The minimum Gasteiger partial charge on any atom is -0.478 e. The maximum absolute atomic E-state index is 11.4. The maximum Gasteiger partial charge on any atom is 0.328 e. The van der Waals surface area contributed by atoms with Gasteiger partial charge in [0.25, 0.3) is 0 Å². The fraction of sp³-hybridized carbons (Fsp3) is 0. The number of amides is 1. The van der Waals surface area contributed by atoms with Crippen molar-refractivity contribution in [3.8, 4) is 11.5 Å². The summed E-state index contributed by atoms with van der Waals surface area (Å²) in [5.74, 6) is -0.754. The Bertz CT molecular complexity index is 757. The van der Waals surface area contributed by atoms with Crippen LogP contribution in [0.3, 0.4) is 0 Å². The number of carboxylic acids is 1. The van der Waals surface area contributed by atoms with Crippen molar-refractivity contribution >= 4 is 40.8 Å². The highest BCUT2D eigenvalue weighted by Gasteiger charge is 2.05. The fourth-order valence-electron chi connectivity index (χ4n) is 1.62. The first-order valence-corrected chi connectivity index (χ1v) is 7.14. The molecule has 7 heteroatoms. The van der Waals surface area contributed by atoms with Crippen LogP contribution in [-0.2, 0) is 9.59 Å². The first kappa shape index (κ1) is 16.9. The molecule has 1 amide bonds. The maximum atomic E-state index is 11.4. The van der Waals surface area contributed by atoms with Crippen LogP contribution in [0.5, 0.6) is 11.5 Å². The van der Waals surface area contributed by atoms with E-state index in [1.54, 1.807) is 42.5 Å². The molecule has 2 rings (SSSR count). The Morgan fingerprint density at radius 3 is 2.35 bits per heavy atom. The summed E-state index contributed by atoms with van der Waals surface area (Å²) in [4.78, 5) is 21.8. The second kappa shape index (κ2) is 7.67. The zero-order chi connectivity index (χ0) is 16.8. The van der Waals surface area contributed by atoms with Crippen LogP contribution in [0.1, 0.15) is 0 Å². The average Bonchev–Trinajstić information content (AvgIpc) is 2.50. The van der Waals surface area contributed by atoms with Crippen molar-refractivity contribution in [1.82, 2.24) is 0 Å². The van der Waals surface area contributed by atoms with Crippen LogP contribution >= 0.6 is 23.2 Å². The van der Waals surface area contributed by atoms with E-state index in [9.17, 15) is 9.59 Å². The molecule has 0 aliphatic heterocycles. The van der Waals surface area contributed by atoms with E-state index < -0.39 is 11.9 Å². The smallest absolute Gasteiger partial charge is 0.328 e. The minimum atomic E-state index is -1.19. The van der Waals surface area contributed by atoms with Gasteiger partial charge in [0.1, 0.15) is 11.5 Å². The lowest BCUT2D eigenvalue weighted by molar-refractivity contribution is -0.131. The third-order valence-electron chi connectivity index (χ3n) is 2.62. The van der Waals surface area contributed by atoms with E-state index in [1.165, 1.54) is 0 Å². The molecule has 0 heterocycles. The van der Waals surface area contributed by atoms with Crippen LogP contribution < -0.4 is 10.1 Å². The summed E-state index contributed by atoms with van der Waals surface area (Å²) in [6.45, 7) is 0. The van der Waals surface area contributed by atoms with Gasteiger partial charge in [0.15, 0.2) is 0 Å². The van der Waals surface area contributed by atoms with Crippen molar-refractivity contribution in [2.45, 2.75) is 0 Å². The van der Waals surface area contributed by atoms with E-state index in [4.69, 9.17) is 33.0 Å². The highest BCUT2D eigenvalue weighted by Crippen LogP contribution is 2.31. The summed E-state index contributed by atoms with van der Waals surface area (Å²) < 4.78 is 5.61. The number of aliphatic carboxylic acids is 1. The van der Waals surface area contributed by atoms with Gasteiger partial charge in [0.2, 0.25) is 5.91 Å². The van der Waals surface area contributed by atoms with Gasteiger partial charge < -0.3 is 15.2 Å². The van der Waals surface area contributed by atoms with Crippen LogP contribution in [-0.4, -0.2) is 17.0 Å². The van der Waals surface area contributed by atoms with Gasteiger partial charge in [0.05, 0.1) is 5.02 Å². The Morgan fingerprint density at radius 2 is 1.74 bits per heavy atom. The molecular weight excluding hydrogens is 341 g/mol. The quantitative estimate of drug-likeness (QED) is 0.784. The predicted octanol–water partition coefficient (Wildman–Crippen LogP) is 4.37. The molecule has 23 heavy (non-hydrogen) atoms. The molecule has 0 saturated carbocycles. The van der Waals surface area contributed by atoms with Gasteiger partial charge in [-0.25, -0.2) is 4.79 Å². The molecule has 118 valence electrons. The molecule has 0 bridgehead atoms. The van der Waals surface area contributed by atoms with Crippen molar-refractivity contribution in [3.63, 3.8) is 0 Å². The number of carbonyl (C=O) groups is 2. The molecule has 0 aliphatic carbocycles. The lowest BCUT2D eigenvalue weighted by Crippen LogP contribution is -2.08. The third-order valence-corrected chi connectivity index (χ3v) is 3.15. The number of halogens is 2. The second-order valence-corrected chi connectivity index (χ2v) is 5.21. The van der Waals surface area contributed by atoms with Crippen molar-refractivity contribution in [1.29, 1.82) is 0 Å². The second-order valence-electron chi connectivity index (χ2n) is 4.36. The van der Waals surface area contributed by atoms with Gasteiger partial charge in [-0.15, -0.1) is 0 Å². The first-order chi connectivity index (χ1) is 10.9. The lowest BCUT2D eigenvalue weighted by atomic mass is 10.3. The predicted molar refractivity (Wildman–Crippen MR) is 88.4 cm³/mol. The number of hydrogen-bond acceptors (Lipinski definition) is 3. The van der Waals surface area contributed by atoms with Crippen LogP contribution in [0.15, 0.2) is 54.6 Å². The zero-order valence-corrected chi connectivity index (χ0v) is 13.1. The number of rotatable bonds is 5.